The van der Waals surface area contributed by atoms with Crippen molar-refractivity contribution >= 4 is 21.7 Å². The molecule has 1 heterocycles. The molecule has 0 radical (unpaired) electrons. The van der Waals surface area contributed by atoms with E-state index in [1.165, 1.54) is 18.2 Å². The molecule has 0 aliphatic heterocycles. The molecular formula is C30H25F3NO4+. The quantitative estimate of drug-likeness (QED) is 0.274. The van der Waals surface area contributed by atoms with Crippen LogP contribution >= 0.6 is 0 Å². The highest BCUT2D eigenvalue weighted by atomic mass is 19.4. The van der Waals surface area contributed by atoms with Gasteiger partial charge in [-0.05, 0) is 42.0 Å². The number of benzene rings is 4. The number of hydrogen-bond donors (Lipinski definition) is 2. The molecule has 0 saturated heterocycles. The van der Waals surface area contributed by atoms with Gasteiger partial charge in [0.1, 0.15) is 24.6 Å². The Morgan fingerprint density at radius 3 is 2.32 bits per heavy atom. The number of alkyl halides is 3. The van der Waals surface area contributed by atoms with Gasteiger partial charge in [-0.1, -0.05) is 60.7 Å². The maximum Gasteiger partial charge on any atom is 0.453 e. The maximum absolute atomic E-state index is 14.2. The van der Waals surface area contributed by atoms with E-state index in [1.54, 1.807) is 24.3 Å². The van der Waals surface area contributed by atoms with Crippen LogP contribution in [0, 0.1) is 0 Å². The summed E-state index contributed by atoms with van der Waals surface area (Å²) in [4.78, 5) is 14.4. The summed E-state index contributed by atoms with van der Waals surface area (Å²) in [6, 6.07) is 24.2. The van der Waals surface area contributed by atoms with Crippen molar-refractivity contribution in [3.8, 4) is 17.2 Å². The Morgan fingerprint density at radius 2 is 1.61 bits per heavy atom. The average Bonchev–Trinajstić information content (AvgIpc) is 2.91. The van der Waals surface area contributed by atoms with Gasteiger partial charge in [0.25, 0.3) is 5.76 Å². The number of hydrogen-bond acceptors (Lipinski definition) is 4. The predicted octanol–water partition coefficient (Wildman–Crippen LogP) is 6.07. The van der Waals surface area contributed by atoms with Crippen molar-refractivity contribution in [3.63, 3.8) is 0 Å². The van der Waals surface area contributed by atoms with E-state index in [0.29, 0.717) is 13.1 Å². The molecule has 0 fully saturated rings. The third-order valence-corrected chi connectivity index (χ3v) is 6.52. The predicted molar refractivity (Wildman–Crippen MR) is 139 cm³/mol. The van der Waals surface area contributed by atoms with Crippen LogP contribution in [0.3, 0.4) is 0 Å². The van der Waals surface area contributed by atoms with Gasteiger partial charge in [0.05, 0.1) is 17.5 Å². The molecule has 0 bridgehead atoms. The van der Waals surface area contributed by atoms with Crippen molar-refractivity contribution < 1.29 is 32.3 Å². The van der Waals surface area contributed by atoms with E-state index in [0.717, 1.165) is 21.2 Å². The first-order valence-corrected chi connectivity index (χ1v) is 12.2. The van der Waals surface area contributed by atoms with Crippen molar-refractivity contribution in [2.45, 2.75) is 26.2 Å². The monoisotopic (exact) mass is 520 g/mol. The molecule has 1 aromatic heterocycles. The van der Waals surface area contributed by atoms with Crippen molar-refractivity contribution in [1.82, 2.24) is 0 Å². The molecule has 0 spiro atoms. The number of nitrogens with one attached hydrogen (secondary N) is 1. The molecule has 8 heteroatoms. The number of ether oxygens (including phenoxy) is 1. The maximum atomic E-state index is 14.2. The minimum atomic E-state index is -5.01. The second-order valence-electron chi connectivity index (χ2n) is 9.08. The second-order valence-corrected chi connectivity index (χ2v) is 9.08. The molecule has 38 heavy (non-hydrogen) atoms. The van der Waals surface area contributed by atoms with Crippen LogP contribution in [-0.4, -0.2) is 11.7 Å². The molecule has 1 unspecified atom stereocenters. The van der Waals surface area contributed by atoms with Crippen LogP contribution in [-0.2, 0) is 19.3 Å². The van der Waals surface area contributed by atoms with Crippen molar-refractivity contribution in [2.24, 2.45) is 0 Å². The van der Waals surface area contributed by atoms with E-state index in [2.05, 4.69) is 0 Å². The highest BCUT2D eigenvalue weighted by molar-refractivity contribution is 5.85. The number of aromatic hydroxyl groups is 1. The lowest BCUT2D eigenvalue weighted by molar-refractivity contribution is -0.925. The third kappa shape index (κ3) is 5.08. The van der Waals surface area contributed by atoms with Gasteiger partial charge in [0.15, 0.2) is 5.58 Å². The Morgan fingerprint density at radius 1 is 0.895 bits per heavy atom. The van der Waals surface area contributed by atoms with E-state index >= 15 is 0 Å². The molecule has 194 valence electrons. The van der Waals surface area contributed by atoms with E-state index in [-0.39, 0.29) is 34.6 Å². The van der Waals surface area contributed by atoms with Crippen LogP contribution in [0.25, 0.3) is 21.7 Å². The summed E-state index contributed by atoms with van der Waals surface area (Å²) in [5, 5.41) is 12.1. The standard InChI is InChI=1S/C30H24F3NO4/c1-2-34(17-19-8-4-3-5-9-19)18-24-25(35)15-14-23-26(36)28(29(30(31,32)33)38-27(23)24)37-22-13-12-20-10-6-7-11-21(20)16-22/h3-16,35H,2,17-18H2,1H3/p+1. The van der Waals surface area contributed by atoms with E-state index < -0.39 is 23.1 Å². The number of halogens is 3. The first-order valence-electron chi connectivity index (χ1n) is 12.2. The summed E-state index contributed by atoms with van der Waals surface area (Å²) < 4.78 is 53.5. The number of fused-ring (bicyclic) bond motifs is 2. The molecule has 4 aromatic carbocycles. The zero-order chi connectivity index (χ0) is 26.9. The van der Waals surface area contributed by atoms with Crippen LogP contribution in [0.15, 0.2) is 94.1 Å². The zero-order valence-electron chi connectivity index (χ0n) is 20.5. The van der Waals surface area contributed by atoms with Gasteiger partial charge >= 0.3 is 6.18 Å². The van der Waals surface area contributed by atoms with Crippen LogP contribution in [0.5, 0.6) is 17.2 Å². The Labute approximate surface area is 216 Å². The van der Waals surface area contributed by atoms with Gasteiger partial charge in [-0.25, -0.2) is 0 Å². The lowest BCUT2D eigenvalue weighted by atomic mass is 10.1. The summed E-state index contributed by atoms with van der Waals surface area (Å²) >= 11 is 0. The second kappa shape index (κ2) is 10.2. The smallest absolute Gasteiger partial charge is 0.453 e. The lowest BCUT2D eigenvalue weighted by Crippen LogP contribution is -3.09. The number of rotatable bonds is 7. The summed E-state index contributed by atoms with van der Waals surface area (Å²) in [5.74, 6) is -2.66. The highest BCUT2D eigenvalue weighted by Gasteiger charge is 2.41. The topological polar surface area (TPSA) is 64.1 Å². The average molecular weight is 521 g/mol. The van der Waals surface area contributed by atoms with E-state index in [1.807, 2.05) is 49.4 Å². The molecular weight excluding hydrogens is 495 g/mol. The van der Waals surface area contributed by atoms with Crippen LogP contribution in [0.1, 0.15) is 23.8 Å². The van der Waals surface area contributed by atoms with Crippen molar-refractivity contribution in [1.29, 1.82) is 0 Å². The molecule has 5 rings (SSSR count). The van der Waals surface area contributed by atoms with Gasteiger partial charge < -0.3 is 19.2 Å². The fourth-order valence-corrected chi connectivity index (χ4v) is 4.53. The van der Waals surface area contributed by atoms with Crippen molar-refractivity contribution in [2.75, 3.05) is 6.54 Å². The minimum absolute atomic E-state index is 0.0734. The highest BCUT2D eigenvalue weighted by Crippen LogP contribution is 2.40. The molecule has 1 atom stereocenters. The zero-order valence-corrected chi connectivity index (χ0v) is 20.5. The fraction of sp³-hybridized carbons (Fsp3) is 0.167. The van der Waals surface area contributed by atoms with E-state index in [9.17, 15) is 23.1 Å². The van der Waals surface area contributed by atoms with E-state index in [4.69, 9.17) is 9.15 Å². The molecule has 0 amide bonds. The Hall–Kier alpha value is -4.30. The Bertz CT molecular complexity index is 1660. The van der Waals surface area contributed by atoms with Gasteiger partial charge in [-0.3, -0.25) is 4.79 Å². The first kappa shape index (κ1) is 25.4. The largest absolute Gasteiger partial charge is 0.507 e. The number of quaternary nitrogens is 1. The summed E-state index contributed by atoms with van der Waals surface area (Å²) in [6.07, 6.45) is -5.01. The van der Waals surface area contributed by atoms with Crippen LogP contribution in [0.2, 0.25) is 0 Å². The van der Waals surface area contributed by atoms with Crippen LogP contribution < -0.4 is 15.1 Å². The third-order valence-electron chi connectivity index (χ3n) is 6.52. The van der Waals surface area contributed by atoms with Gasteiger partial charge in [0, 0.05) is 5.56 Å². The number of phenolic OH excluding ortho intramolecular Hbond substituents is 1. The summed E-state index contributed by atoms with van der Waals surface area (Å²) in [7, 11) is 0. The minimum Gasteiger partial charge on any atom is -0.507 e. The molecule has 0 saturated carbocycles. The molecule has 5 nitrogen and oxygen atoms in total. The molecule has 0 aliphatic rings. The van der Waals surface area contributed by atoms with Crippen LogP contribution in [0.4, 0.5) is 13.2 Å². The number of phenols is 1. The van der Waals surface area contributed by atoms with Gasteiger partial charge in [-0.2, -0.15) is 13.2 Å². The summed E-state index contributed by atoms with van der Waals surface area (Å²) in [5.41, 5.74) is -0.0935. The Balaban J connectivity index is 1.60. The summed E-state index contributed by atoms with van der Waals surface area (Å²) in [6.45, 7) is 3.30. The fourth-order valence-electron chi connectivity index (χ4n) is 4.53. The normalized spacial score (nSPS) is 12.6. The molecule has 5 aromatic rings. The van der Waals surface area contributed by atoms with Gasteiger partial charge in [-0.15, -0.1) is 0 Å². The Kier molecular flexibility index (Phi) is 6.82. The molecule has 2 N–H and O–H groups in total. The molecule has 0 aliphatic carbocycles. The SMILES string of the molecule is CC[NH+](Cc1ccccc1)Cc1c(O)ccc2c(=O)c(Oc3ccc4ccccc4c3)c(C(F)(F)F)oc12. The van der Waals surface area contributed by atoms with Gasteiger partial charge in [0.2, 0.25) is 11.2 Å². The lowest BCUT2D eigenvalue weighted by Gasteiger charge is -2.20. The first-order chi connectivity index (χ1) is 18.2. The van der Waals surface area contributed by atoms with Crippen molar-refractivity contribution in [3.05, 3.63) is 112 Å².